The van der Waals surface area contributed by atoms with Gasteiger partial charge in [-0.25, -0.2) is 4.98 Å². The lowest BCUT2D eigenvalue weighted by molar-refractivity contribution is -0.147. The van der Waals surface area contributed by atoms with Crippen LogP contribution in [-0.4, -0.2) is 47.2 Å². The quantitative estimate of drug-likeness (QED) is 0.766. The van der Waals surface area contributed by atoms with Gasteiger partial charge in [0.1, 0.15) is 5.41 Å². The largest absolute Gasteiger partial charge is 0.468 e. The lowest BCUT2D eigenvalue weighted by Gasteiger charge is -2.27. The molecule has 23 heavy (non-hydrogen) atoms. The van der Waals surface area contributed by atoms with E-state index in [9.17, 15) is 4.79 Å². The molecule has 1 aromatic carbocycles. The molecule has 2 heterocycles. The van der Waals surface area contributed by atoms with Crippen molar-refractivity contribution in [2.24, 2.45) is 0 Å². The molecule has 1 aliphatic heterocycles. The monoisotopic (exact) mass is 313 g/mol. The first kappa shape index (κ1) is 15.7. The summed E-state index contributed by atoms with van der Waals surface area (Å²) in [5.74, 6) is -0.124. The number of hydrogen-bond donors (Lipinski definition) is 0. The zero-order chi connectivity index (χ0) is 16.1. The number of ether oxygens (including phenoxy) is 1. The molecule has 2 aromatic rings. The Balaban J connectivity index is 1.65. The normalized spacial score (nSPS) is 21.4. The number of likely N-dealkylation sites (tertiary alicyclic amines) is 1. The van der Waals surface area contributed by atoms with Crippen LogP contribution in [0.5, 0.6) is 0 Å². The smallest absolute Gasteiger partial charge is 0.317 e. The maximum Gasteiger partial charge on any atom is 0.317 e. The predicted octanol–water partition coefficient (Wildman–Crippen LogP) is 2.09. The van der Waals surface area contributed by atoms with Gasteiger partial charge in [-0.3, -0.25) is 4.79 Å². The fourth-order valence-corrected chi connectivity index (χ4v) is 3.45. The number of aromatic nitrogens is 2. The number of carbonyl (C=O) groups is 1. The first-order valence-corrected chi connectivity index (χ1v) is 8.07. The summed E-state index contributed by atoms with van der Waals surface area (Å²) >= 11 is 0. The van der Waals surface area contributed by atoms with Crippen molar-refractivity contribution in [3.05, 3.63) is 54.6 Å². The molecule has 0 N–H and O–H groups in total. The highest BCUT2D eigenvalue weighted by molar-refractivity contribution is 5.84. The van der Waals surface area contributed by atoms with Crippen LogP contribution < -0.4 is 0 Å². The van der Waals surface area contributed by atoms with Gasteiger partial charge >= 0.3 is 5.97 Å². The Morgan fingerprint density at radius 3 is 2.83 bits per heavy atom. The second-order valence-electron chi connectivity index (χ2n) is 6.12. The highest BCUT2D eigenvalue weighted by atomic mass is 16.5. The van der Waals surface area contributed by atoms with Crippen molar-refractivity contribution in [1.82, 2.24) is 14.5 Å². The van der Waals surface area contributed by atoms with Gasteiger partial charge in [0.2, 0.25) is 0 Å². The molecule has 122 valence electrons. The van der Waals surface area contributed by atoms with Crippen LogP contribution in [0, 0.1) is 0 Å². The fourth-order valence-electron chi connectivity index (χ4n) is 3.45. The van der Waals surface area contributed by atoms with Gasteiger partial charge in [-0.05, 0) is 31.5 Å². The molecule has 0 aliphatic carbocycles. The highest BCUT2D eigenvalue weighted by Crippen LogP contribution is 2.35. The molecule has 0 bridgehead atoms. The molecule has 1 aliphatic rings. The topological polar surface area (TPSA) is 47.4 Å². The van der Waals surface area contributed by atoms with E-state index in [2.05, 4.69) is 14.5 Å². The molecule has 1 saturated heterocycles. The van der Waals surface area contributed by atoms with Gasteiger partial charge < -0.3 is 14.2 Å². The van der Waals surface area contributed by atoms with E-state index in [1.807, 2.05) is 42.9 Å². The fraction of sp³-hybridized carbons (Fsp3) is 0.444. The number of rotatable bonds is 6. The Kier molecular flexibility index (Phi) is 4.76. The predicted molar refractivity (Wildman–Crippen MR) is 88.0 cm³/mol. The third-order valence-electron chi connectivity index (χ3n) is 4.70. The summed E-state index contributed by atoms with van der Waals surface area (Å²) in [5, 5.41) is 0. The van der Waals surface area contributed by atoms with E-state index < -0.39 is 5.41 Å². The molecule has 5 nitrogen and oxygen atoms in total. The number of hydrogen-bond acceptors (Lipinski definition) is 4. The van der Waals surface area contributed by atoms with Gasteiger partial charge in [-0.15, -0.1) is 0 Å². The van der Waals surface area contributed by atoms with Gasteiger partial charge in [0.25, 0.3) is 0 Å². The van der Waals surface area contributed by atoms with Crippen LogP contribution in [0.3, 0.4) is 0 Å². The molecule has 3 rings (SSSR count). The summed E-state index contributed by atoms with van der Waals surface area (Å²) in [5.41, 5.74) is 0.536. The second kappa shape index (κ2) is 6.96. The van der Waals surface area contributed by atoms with Gasteiger partial charge in [0.05, 0.1) is 13.4 Å². The van der Waals surface area contributed by atoms with E-state index in [0.29, 0.717) is 0 Å². The van der Waals surface area contributed by atoms with Crippen LogP contribution in [0.1, 0.15) is 18.4 Å². The van der Waals surface area contributed by atoms with Crippen LogP contribution in [-0.2, 0) is 21.5 Å². The van der Waals surface area contributed by atoms with Crippen molar-refractivity contribution in [1.29, 1.82) is 0 Å². The molecule has 1 unspecified atom stereocenters. The van der Waals surface area contributed by atoms with E-state index in [4.69, 9.17) is 4.74 Å². The number of esters is 1. The summed E-state index contributed by atoms with van der Waals surface area (Å²) in [7, 11) is 1.48. The molecule has 1 aromatic heterocycles. The lowest BCUT2D eigenvalue weighted by Crippen LogP contribution is -2.40. The van der Waals surface area contributed by atoms with Crippen LogP contribution in [0.25, 0.3) is 0 Å². The second-order valence-corrected chi connectivity index (χ2v) is 6.12. The van der Waals surface area contributed by atoms with Crippen molar-refractivity contribution in [2.45, 2.75) is 24.8 Å². The molecule has 0 radical (unpaired) electrons. The molecular formula is C18H23N3O2. The van der Waals surface area contributed by atoms with E-state index >= 15 is 0 Å². The molecule has 1 atom stereocenters. The molecule has 0 amide bonds. The van der Waals surface area contributed by atoms with Crippen LogP contribution in [0.4, 0.5) is 0 Å². The van der Waals surface area contributed by atoms with E-state index in [-0.39, 0.29) is 5.97 Å². The maximum atomic E-state index is 12.5. The SMILES string of the molecule is COC(=O)C1(c2ccccc2)CCN(CCCn2ccnc2)C1. The van der Waals surface area contributed by atoms with Crippen molar-refractivity contribution < 1.29 is 9.53 Å². The average Bonchev–Trinajstić information content (AvgIpc) is 3.26. The zero-order valence-corrected chi connectivity index (χ0v) is 13.5. The number of methoxy groups -OCH3 is 1. The van der Waals surface area contributed by atoms with Gasteiger partial charge in [-0.2, -0.15) is 0 Å². The van der Waals surface area contributed by atoms with E-state index in [1.54, 1.807) is 6.20 Å². The Hall–Kier alpha value is -2.14. The summed E-state index contributed by atoms with van der Waals surface area (Å²) in [6.07, 6.45) is 7.48. The van der Waals surface area contributed by atoms with Crippen molar-refractivity contribution in [2.75, 3.05) is 26.7 Å². The number of nitrogens with zero attached hydrogens (tertiary/aromatic N) is 3. The minimum absolute atomic E-state index is 0.124. The zero-order valence-electron chi connectivity index (χ0n) is 13.5. The van der Waals surface area contributed by atoms with Gasteiger partial charge in [-0.1, -0.05) is 30.3 Å². The third kappa shape index (κ3) is 3.29. The summed E-state index contributed by atoms with van der Waals surface area (Å²) < 4.78 is 7.21. The van der Waals surface area contributed by atoms with Crippen LogP contribution >= 0.6 is 0 Å². The first-order chi connectivity index (χ1) is 11.2. The molecule has 1 fully saturated rings. The van der Waals surface area contributed by atoms with Gasteiger partial charge in [0.15, 0.2) is 0 Å². The van der Waals surface area contributed by atoms with E-state index in [0.717, 1.165) is 44.6 Å². The Bertz CT molecular complexity index is 627. The molecule has 5 heteroatoms. The minimum atomic E-state index is -0.523. The lowest BCUT2D eigenvalue weighted by atomic mass is 9.79. The first-order valence-electron chi connectivity index (χ1n) is 8.07. The standard InChI is InChI=1S/C18H23N3O2/c1-23-17(22)18(16-6-3-2-4-7-16)8-12-20(14-18)10-5-11-21-13-9-19-15-21/h2-4,6-7,9,13,15H,5,8,10-12,14H2,1H3. The minimum Gasteiger partial charge on any atom is -0.468 e. The summed E-state index contributed by atoms with van der Waals surface area (Å²) in [6, 6.07) is 10.0. The van der Waals surface area contributed by atoms with Crippen LogP contribution in [0.15, 0.2) is 49.1 Å². The van der Waals surface area contributed by atoms with Crippen molar-refractivity contribution >= 4 is 5.97 Å². The Morgan fingerprint density at radius 1 is 1.30 bits per heavy atom. The number of benzene rings is 1. The van der Waals surface area contributed by atoms with Crippen molar-refractivity contribution in [3.8, 4) is 0 Å². The van der Waals surface area contributed by atoms with E-state index in [1.165, 1.54) is 7.11 Å². The van der Waals surface area contributed by atoms with Crippen LogP contribution in [0.2, 0.25) is 0 Å². The van der Waals surface area contributed by atoms with Crippen molar-refractivity contribution in [3.63, 3.8) is 0 Å². The highest BCUT2D eigenvalue weighted by Gasteiger charge is 2.46. The van der Waals surface area contributed by atoms with Gasteiger partial charge in [0, 0.05) is 25.5 Å². The molecule has 0 saturated carbocycles. The Morgan fingerprint density at radius 2 is 2.13 bits per heavy atom. The summed E-state index contributed by atoms with van der Waals surface area (Å²) in [6.45, 7) is 3.58. The molecular weight excluding hydrogens is 290 g/mol. The Labute approximate surface area is 136 Å². The summed E-state index contributed by atoms with van der Waals surface area (Å²) in [4.78, 5) is 18.9. The molecule has 0 spiro atoms. The average molecular weight is 313 g/mol. The number of imidazole rings is 1. The number of aryl methyl sites for hydroxylation is 1. The number of carbonyl (C=O) groups excluding carboxylic acids is 1. The third-order valence-corrected chi connectivity index (χ3v) is 4.70. The maximum absolute atomic E-state index is 12.5.